The lowest BCUT2D eigenvalue weighted by Gasteiger charge is -2.21. The Morgan fingerprint density at radius 2 is 1.50 bits per heavy atom. The number of benzene rings is 1. The topological polar surface area (TPSA) is 58.9 Å². The van der Waals surface area contributed by atoms with Crippen molar-refractivity contribution in [2.75, 3.05) is 26.4 Å². The van der Waals surface area contributed by atoms with Crippen molar-refractivity contribution in [1.29, 1.82) is 0 Å². The molecule has 0 fully saturated rings. The summed E-state index contributed by atoms with van der Waals surface area (Å²) in [6.07, 6.45) is 0. The summed E-state index contributed by atoms with van der Waals surface area (Å²) in [6.45, 7) is -2.53. The van der Waals surface area contributed by atoms with E-state index in [0.717, 1.165) is 5.30 Å². The summed E-state index contributed by atoms with van der Waals surface area (Å²) in [5, 5.41) is 18.3. The quantitative estimate of drug-likeness (QED) is 0.706. The van der Waals surface area contributed by atoms with E-state index in [0.29, 0.717) is 0 Å². The van der Waals surface area contributed by atoms with E-state index >= 15 is 0 Å². The molecule has 0 bridgehead atoms. The van der Waals surface area contributed by atoms with Gasteiger partial charge in [-0.15, -0.1) is 0 Å². The van der Waals surface area contributed by atoms with Gasteiger partial charge in [-0.2, -0.15) is 0 Å². The third-order valence-corrected chi connectivity index (χ3v) is 5.02. The van der Waals surface area contributed by atoms with Crippen molar-refractivity contribution in [3.63, 3.8) is 0 Å². The first-order valence-corrected chi connectivity index (χ1v) is 7.53. The molecule has 6 heteroatoms. The van der Waals surface area contributed by atoms with Crippen molar-refractivity contribution in [2.45, 2.75) is 0 Å². The summed E-state index contributed by atoms with van der Waals surface area (Å²) in [5.74, 6) is 0. The fourth-order valence-corrected chi connectivity index (χ4v) is 3.49. The molecule has 4 nitrogen and oxygen atoms in total. The molecule has 90 valence electrons. The lowest BCUT2D eigenvalue weighted by atomic mass is 10.4. The Morgan fingerprint density at radius 1 is 1.00 bits per heavy atom. The van der Waals surface area contributed by atoms with Crippen molar-refractivity contribution in [3.8, 4) is 0 Å². The molecule has 1 aromatic rings. The Labute approximate surface area is 100.0 Å². The molecule has 0 unspecified atom stereocenters. The smallest absolute Gasteiger partial charge is 0.219 e. The van der Waals surface area contributed by atoms with Gasteiger partial charge in [0.25, 0.3) is 0 Å². The van der Waals surface area contributed by atoms with Gasteiger partial charge in [0.15, 0.2) is 0 Å². The normalized spacial score (nSPS) is 11.6. The first-order valence-electron chi connectivity index (χ1n) is 4.89. The predicted molar refractivity (Wildman–Crippen MR) is 66.4 cm³/mol. The van der Waals surface area contributed by atoms with Gasteiger partial charge in [0.2, 0.25) is 6.49 Å². The SMILES string of the molecule is OCCOP(=S)(OCCO)c1ccccc1. The maximum Gasteiger partial charge on any atom is 0.219 e. The van der Waals surface area contributed by atoms with Crippen LogP contribution in [-0.4, -0.2) is 36.6 Å². The molecule has 2 N–H and O–H groups in total. The second-order valence-corrected chi connectivity index (χ2v) is 6.42. The molecule has 0 aliphatic rings. The molecule has 0 radical (unpaired) electrons. The number of aliphatic hydroxyl groups excluding tert-OH is 2. The van der Waals surface area contributed by atoms with Crippen LogP contribution in [0.25, 0.3) is 0 Å². The van der Waals surface area contributed by atoms with Crippen LogP contribution in [0.1, 0.15) is 0 Å². The molecule has 1 aromatic carbocycles. The van der Waals surface area contributed by atoms with Crippen LogP contribution in [0.15, 0.2) is 30.3 Å². The van der Waals surface area contributed by atoms with Gasteiger partial charge >= 0.3 is 0 Å². The minimum absolute atomic E-state index is 0.103. The van der Waals surface area contributed by atoms with Crippen LogP contribution in [0.2, 0.25) is 0 Å². The summed E-state index contributed by atoms with van der Waals surface area (Å²) < 4.78 is 10.8. The Hall–Kier alpha value is -0.290. The van der Waals surface area contributed by atoms with Gasteiger partial charge in [-0.3, -0.25) is 0 Å². The molecule has 0 heterocycles. The van der Waals surface area contributed by atoms with Crippen molar-refractivity contribution in [2.24, 2.45) is 0 Å². The van der Waals surface area contributed by atoms with Gasteiger partial charge in [-0.05, 0) is 23.9 Å². The summed E-state index contributed by atoms with van der Waals surface area (Å²) in [6, 6.07) is 9.23. The molecular formula is C10H15O4PS. The molecule has 0 atom stereocenters. The van der Waals surface area contributed by atoms with Crippen LogP contribution >= 0.6 is 6.49 Å². The highest BCUT2D eigenvalue weighted by atomic mass is 32.5. The van der Waals surface area contributed by atoms with Gasteiger partial charge in [-0.1, -0.05) is 18.2 Å². The van der Waals surface area contributed by atoms with E-state index in [1.807, 2.05) is 30.3 Å². The zero-order chi connectivity index (χ0) is 11.9. The molecule has 0 spiro atoms. The molecule has 1 rings (SSSR count). The fourth-order valence-electron chi connectivity index (χ4n) is 1.12. The second kappa shape index (κ2) is 7.12. The highest BCUT2D eigenvalue weighted by molar-refractivity contribution is 8.13. The summed E-state index contributed by atoms with van der Waals surface area (Å²) in [4.78, 5) is 0. The summed E-state index contributed by atoms with van der Waals surface area (Å²) in [5.41, 5.74) is 0. The van der Waals surface area contributed by atoms with Gasteiger partial charge < -0.3 is 19.3 Å². The predicted octanol–water partition coefficient (Wildman–Crippen LogP) is 0.639. The van der Waals surface area contributed by atoms with Crippen LogP contribution in [-0.2, 0) is 20.9 Å². The monoisotopic (exact) mass is 262 g/mol. The fraction of sp³-hybridized carbons (Fsp3) is 0.400. The number of rotatable bonds is 7. The van der Waals surface area contributed by atoms with E-state index < -0.39 is 6.49 Å². The van der Waals surface area contributed by atoms with Gasteiger partial charge in [-0.25, -0.2) is 0 Å². The molecular weight excluding hydrogens is 247 g/mol. The zero-order valence-corrected chi connectivity index (χ0v) is 10.5. The van der Waals surface area contributed by atoms with E-state index in [4.69, 9.17) is 31.1 Å². The number of hydrogen-bond donors (Lipinski definition) is 2. The minimum atomic E-state index is -2.59. The van der Waals surface area contributed by atoms with Crippen molar-refractivity contribution >= 4 is 23.6 Å². The van der Waals surface area contributed by atoms with Crippen molar-refractivity contribution < 1.29 is 19.3 Å². The van der Waals surface area contributed by atoms with E-state index in [2.05, 4.69) is 0 Å². The second-order valence-electron chi connectivity index (χ2n) is 2.95. The molecule has 0 aliphatic heterocycles. The lowest BCUT2D eigenvalue weighted by molar-refractivity contribution is 0.166. The lowest BCUT2D eigenvalue weighted by Crippen LogP contribution is -2.13. The first-order chi connectivity index (χ1) is 7.73. The van der Waals surface area contributed by atoms with Crippen molar-refractivity contribution in [1.82, 2.24) is 0 Å². The van der Waals surface area contributed by atoms with Crippen molar-refractivity contribution in [3.05, 3.63) is 30.3 Å². The third-order valence-electron chi connectivity index (χ3n) is 1.78. The first kappa shape index (κ1) is 13.8. The van der Waals surface area contributed by atoms with Crippen LogP contribution in [0, 0.1) is 0 Å². The summed E-state index contributed by atoms with van der Waals surface area (Å²) in [7, 11) is 0. The van der Waals surface area contributed by atoms with E-state index in [9.17, 15) is 0 Å². The third kappa shape index (κ3) is 3.94. The largest absolute Gasteiger partial charge is 0.394 e. The maximum absolute atomic E-state index is 8.74. The van der Waals surface area contributed by atoms with Crippen LogP contribution in [0.4, 0.5) is 0 Å². The maximum atomic E-state index is 8.74. The van der Waals surface area contributed by atoms with E-state index in [-0.39, 0.29) is 26.4 Å². The highest BCUT2D eigenvalue weighted by Crippen LogP contribution is 2.46. The Morgan fingerprint density at radius 3 is 1.94 bits per heavy atom. The number of aliphatic hydroxyl groups is 2. The number of hydrogen-bond acceptors (Lipinski definition) is 5. The van der Waals surface area contributed by atoms with Crippen LogP contribution in [0.3, 0.4) is 0 Å². The minimum Gasteiger partial charge on any atom is -0.394 e. The molecule has 0 saturated heterocycles. The van der Waals surface area contributed by atoms with E-state index in [1.54, 1.807) is 0 Å². The van der Waals surface area contributed by atoms with Gasteiger partial charge in [0, 0.05) is 5.30 Å². The van der Waals surface area contributed by atoms with E-state index in [1.165, 1.54) is 0 Å². The molecule has 0 aromatic heterocycles. The Kier molecular flexibility index (Phi) is 6.13. The van der Waals surface area contributed by atoms with Crippen LogP contribution < -0.4 is 5.30 Å². The molecule has 16 heavy (non-hydrogen) atoms. The highest BCUT2D eigenvalue weighted by Gasteiger charge is 2.21. The molecule has 0 aliphatic carbocycles. The molecule has 0 saturated carbocycles. The van der Waals surface area contributed by atoms with Gasteiger partial charge in [0.1, 0.15) is 0 Å². The zero-order valence-electron chi connectivity index (χ0n) is 8.78. The van der Waals surface area contributed by atoms with Gasteiger partial charge in [0.05, 0.1) is 26.4 Å². The standard InChI is InChI=1S/C10H15O4PS/c11-6-8-13-15(16,14-9-7-12)10-4-2-1-3-5-10/h1-5,11-12H,6-9H2. The average Bonchev–Trinajstić information content (AvgIpc) is 2.35. The molecule has 0 amide bonds. The Bertz CT molecular complexity index is 332. The summed E-state index contributed by atoms with van der Waals surface area (Å²) >= 11 is 5.34. The average molecular weight is 262 g/mol. The Balaban J connectivity index is 2.82. The van der Waals surface area contributed by atoms with Crippen LogP contribution in [0.5, 0.6) is 0 Å².